The molecule has 1 aromatic carbocycles. The van der Waals surface area contributed by atoms with E-state index >= 15 is 0 Å². The fraction of sp³-hybridized carbons (Fsp3) is 0.167. The second-order valence-corrected chi connectivity index (χ2v) is 5.09. The summed E-state index contributed by atoms with van der Waals surface area (Å²) in [5.41, 5.74) is 2.12. The fourth-order valence-electron chi connectivity index (χ4n) is 1.53. The Morgan fingerprint density at radius 3 is 2.75 bits per heavy atom. The van der Waals surface area contributed by atoms with Crippen LogP contribution in [0.3, 0.4) is 0 Å². The minimum atomic E-state index is 0.140. The highest BCUT2D eigenvalue weighted by molar-refractivity contribution is 7.08. The molecule has 0 radical (unpaired) electrons. The van der Waals surface area contributed by atoms with Crippen LogP contribution in [0.2, 0.25) is 10.0 Å². The van der Waals surface area contributed by atoms with Crippen LogP contribution in [0.25, 0.3) is 0 Å². The molecule has 0 aliphatic rings. The zero-order valence-electron chi connectivity index (χ0n) is 8.71. The molecule has 16 heavy (non-hydrogen) atoms. The molecule has 0 saturated carbocycles. The number of hydrogen-bond donors (Lipinski definition) is 1. The molecule has 0 aliphatic carbocycles. The van der Waals surface area contributed by atoms with E-state index < -0.39 is 0 Å². The Balaban J connectivity index is 2.21. The highest BCUT2D eigenvalue weighted by Gasteiger charge is 2.11. The first-order chi connectivity index (χ1) is 7.68. The van der Waals surface area contributed by atoms with Gasteiger partial charge in [-0.25, -0.2) is 0 Å². The topological polar surface area (TPSA) is 12.0 Å². The monoisotopic (exact) mass is 271 g/mol. The number of hydrogen-bond acceptors (Lipinski definition) is 2. The minimum Gasteiger partial charge on any atom is -0.378 e. The molecule has 1 heterocycles. The van der Waals surface area contributed by atoms with Crippen molar-refractivity contribution in [3.8, 4) is 0 Å². The van der Waals surface area contributed by atoms with Gasteiger partial charge in [0.05, 0.1) is 16.1 Å². The van der Waals surface area contributed by atoms with Crippen molar-refractivity contribution >= 4 is 40.2 Å². The molecule has 4 heteroatoms. The number of thiophene rings is 1. The summed E-state index contributed by atoms with van der Waals surface area (Å²) in [7, 11) is 0. The maximum absolute atomic E-state index is 6.16. The SMILES string of the molecule is CC(Nc1ccsc1)c1cccc(Cl)c1Cl. The van der Waals surface area contributed by atoms with Gasteiger partial charge in [0.2, 0.25) is 0 Å². The number of benzene rings is 1. The lowest BCUT2D eigenvalue weighted by Crippen LogP contribution is -2.06. The normalized spacial score (nSPS) is 12.4. The number of halogens is 2. The molecule has 0 fully saturated rings. The van der Waals surface area contributed by atoms with Crippen LogP contribution in [-0.2, 0) is 0 Å². The Hall–Kier alpha value is -0.700. The molecule has 1 aromatic heterocycles. The maximum atomic E-state index is 6.16. The van der Waals surface area contributed by atoms with Crippen LogP contribution in [-0.4, -0.2) is 0 Å². The molecule has 1 atom stereocenters. The predicted octanol–water partition coefficient (Wildman–Crippen LogP) is 5.23. The van der Waals surface area contributed by atoms with E-state index in [1.807, 2.05) is 23.6 Å². The van der Waals surface area contributed by atoms with Crippen molar-refractivity contribution in [2.24, 2.45) is 0 Å². The van der Waals surface area contributed by atoms with Crippen molar-refractivity contribution in [2.75, 3.05) is 5.32 Å². The molecular weight excluding hydrogens is 261 g/mol. The summed E-state index contributed by atoms with van der Waals surface area (Å²) in [6, 6.07) is 7.87. The molecule has 2 aromatic rings. The van der Waals surface area contributed by atoms with Gasteiger partial charge in [-0.05, 0) is 30.0 Å². The molecule has 1 N–H and O–H groups in total. The molecule has 0 amide bonds. The second kappa shape index (κ2) is 5.09. The highest BCUT2D eigenvalue weighted by atomic mass is 35.5. The average molecular weight is 272 g/mol. The van der Waals surface area contributed by atoms with Gasteiger partial charge in [0.25, 0.3) is 0 Å². The van der Waals surface area contributed by atoms with Gasteiger partial charge in [0.1, 0.15) is 0 Å². The van der Waals surface area contributed by atoms with Crippen LogP contribution < -0.4 is 5.32 Å². The third kappa shape index (κ3) is 2.51. The zero-order chi connectivity index (χ0) is 11.5. The smallest absolute Gasteiger partial charge is 0.0644 e. The highest BCUT2D eigenvalue weighted by Crippen LogP contribution is 2.31. The van der Waals surface area contributed by atoms with Crippen molar-refractivity contribution < 1.29 is 0 Å². The van der Waals surface area contributed by atoms with Crippen molar-refractivity contribution in [3.05, 3.63) is 50.6 Å². The third-order valence-electron chi connectivity index (χ3n) is 2.35. The summed E-state index contributed by atoms with van der Waals surface area (Å²) >= 11 is 13.8. The van der Waals surface area contributed by atoms with Crippen LogP contribution in [0.1, 0.15) is 18.5 Å². The Labute approximate surface area is 109 Å². The predicted molar refractivity (Wildman–Crippen MR) is 72.8 cm³/mol. The molecule has 1 nitrogen and oxygen atoms in total. The van der Waals surface area contributed by atoms with Gasteiger partial charge in [-0.1, -0.05) is 35.3 Å². The van der Waals surface area contributed by atoms with Gasteiger partial charge < -0.3 is 5.32 Å². The average Bonchev–Trinajstić information content (AvgIpc) is 2.74. The van der Waals surface area contributed by atoms with Gasteiger partial charge in [-0.3, -0.25) is 0 Å². The van der Waals surface area contributed by atoms with Gasteiger partial charge in [0.15, 0.2) is 0 Å². The van der Waals surface area contributed by atoms with Gasteiger partial charge >= 0.3 is 0 Å². The second-order valence-electron chi connectivity index (χ2n) is 3.52. The molecule has 0 aliphatic heterocycles. The molecule has 0 saturated heterocycles. The maximum Gasteiger partial charge on any atom is 0.0644 e. The largest absolute Gasteiger partial charge is 0.378 e. The summed E-state index contributed by atoms with van der Waals surface area (Å²) in [5.74, 6) is 0. The lowest BCUT2D eigenvalue weighted by molar-refractivity contribution is 0.886. The lowest BCUT2D eigenvalue weighted by atomic mass is 10.1. The lowest BCUT2D eigenvalue weighted by Gasteiger charge is -2.16. The Bertz CT molecular complexity index is 468. The van der Waals surface area contributed by atoms with E-state index in [4.69, 9.17) is 23.2 Å². The molecule has 0 spiro atoms. The van der Waals surface area contributed by atoms with Gasteiger partial charge in [-0.2, -0.15) is 11.3 Å². The van der Waals surface area contributed by atoms with Crippen LogP contribution in [0.15, 0.2) is 35.0 Å². The first kappa shape index (κ1) is 11.8. The van der Waals surface area contributed by atoms with Crippen molar-refractivity contribution in [1.29, 1.82) is 0 Å². The molecule has 0 bridgehead atoms. The molecule has 84 valence electrons. The quantitative estimate of drug-likeness (QED) is 0.806. The van der Waals surface area contributed by atoms with E-state index in [0.29, 0.717) is 10.0 Å². The molecule has 2 rings (SSSR count). The van der Waals surface area contributed by atoms with Crippen molar-refractivity contribution in [2.45, 2.75) is 13.0 Å². The number of rotatable bonds is 3. The standard InChI is InChI=1S/C12H11Cl2NS/c1-8(15-9-5-6-16-7-9)10-3-2-4-11(13)12(10)14/h2-8,15H,1H3. The third-order valence-corrected chi connectivity index (χ3v) is 3.87. The van der Waals surface area contributed by atoms with Crippen LogP contribution in [0.4, 0.5) is 5.69 Å². The van der Waals surface area contributed by atoms with E-state index in [-0.39, 0.29) is 6.04 Å². The fourth-order valence-corrected chi connectivity index (χ4v) is 2.60. The van der Waals surface area contributed by atoms with E-state index in [1.165, 1.54) is 0 Å². The summed E-state index contributed by atoms with van der Waals surface area (Å²) < 4.78 is 0. The Kier molecular flexibility index (Phi) is 3.74. The Morgan fingerprint density at radius 1 is 1.25 bits per heavy atom. The van der Waals surface area contributed by atoms with Crippen LogP contribution in [0, 0.1) is 0 Å². The van der Waals surface area contributed by atoms with Crippen molar-refractivity contribution in [1.82, 2.24) is 0 Å². The molecule has 1 unspecified atom stereocenters. The summed E-state index contributed by atoms with van der Waals surface area (Å²) in [4.78, 5) is 0. The van der Waals surface area contributed by atoms with E-state index in [1.54, 1.807) is 17.4 Å². The number of nitrogens with one attached hydrogen (secondary N) is 1. The minimum absolute atomic E-state index is 0.140. The van der Waals surface area contributed by atoms with Crippen LogP contribution >= 0.6 is 34.5 Å². The summed E-state index contributed by atoms with van der Waals surface area (Å²) in [6.07, 6.45) is 0. The van der Waals surface area contributed by atoms with Gasteiger partial charge in [0, 0.05) is 11.1 Å². The van der Waals surface area contributed by atoms with Crippen molar-refractivity contribution in [3.63, 3.8) is 0 Å². The van der Waals surface area contributed by atoms with E-state index in [0.717, 1.165) is 11.3 Å². The van der Waals surface area contributed by atoms with E-state index in [9.17, 15) is 0 Å². The van der Waals surface area contributed by atoms with Gasteiger partial charge in [-0.15, -0.1) is 0 Å². The van der Waals surface area contributed by atoms with Crippen LogP contribution in [0.5, 0.6) is 0 Å². The first-order valence-corrected chi connectivity index (χ1v) is 6.61. The summed E-state index contributed by atoms with van der Waals surface area (Å²) in [5, 5.41) is 8.69. The first-order valence-electron chi connectivity index (χ1n) is 4.91. The van der Waals surface area contributed by atoms with E-state index in [2.05, 4.69) is 17.6 Å². The molecular formula is C12H11Cl2NS. The zero-order valence-corrected chi connectivity index (χ0v) is 11.0. The summed E-state index contributed by atoms with van der Waals surface area (Å²) in [6.45, 7) is 2.06. The number of anilines is 1. The Morgan fingerprint density at radius 2 is 2.06 bits per heavy atom.